The zero-order chi connectivity index (χ0) is 17.7. The van der Waals surface area contributed by atoms with Crippen molar-refractivity contribution in [3.05, 3.63) is 27.2 Å². The van der Waals surface area contributed by atoms with Crippen molar-refractivity contribution in [3.8, 4) is 0 Å². The summed E-state index contributed by atoms with van der Waals surface area (Å²) in [5.74, 6) is 0. The van der Waals surface area contributed by atoms with E-state index in [1.54, 1.807) is 17.9 Å². The van der Waals surface area contributed by atoms with Crippen molar-refractivity contribution in [1.29, 1.82) is 0 Å². The fraction of sp³-hybridized carbons (Fsp3) is 0.688. The number of imidazole rings is 1. The summed E-state index contributed by atoms with van der Waals surface area (Å²) in [5.41, 5.74) is 0.204. The Labute approximate surface area is 140 Å². The number of hydrogen-bond acceptors (Lipinski definition) is 5. The molecule has 24 heavy (non-hydrogen) atoms. The first-order chi connectivity index (χ1) is 11.5. The lowest BCUT2D eigenvalue weighted by molar-refractivity contribution is 0.0859. The molecule has 2 heterocycles. The number of aliphatic hydroxyl groups excluding tert-OH is 2. The maximum Gasteiger partial charge on any atom is 0.332 e. The normalized spacial score (nSPS) is 12.8. The van der Waals surface area contributed by atoms with Gasteiger partial charge in [0, 0.05) is 20.1 Å². The van der Waals surface area contributed by atoms with Gasteiger partial charge in [-0.2, -0.15) is 0 Å². The number of rotatable bonds is 9. The average Bonchev–Trinajstić information content (AvgIpc) is 3.00. The summed E-state index contributed by atoms with van der Waals surface area (Å²) in [6.45, 7) is 2.76. The van der Waals surface area contributed by atoms with Gasteiger partial charge in [0.25, 0.3) is 5.56 Å². The van der Waals surface area contributed by atoms with Gasteiger partial charge in [0.2, 0.25) is 0 Å². The van der Waals surface area contributed by atoms with Crippen molar-refractivity contribution in [2.45, 2.75) is 58.2 Å². The van der Waals surface area contributed by atoms with E-state index in [9.17, 15) is 14.7 Å². The minimum absolute atomic E-state index is 0.238. The average molecular weight is 338 g/mol. The lowest BCUT2D eigenvalue weighted by Gasteiger charge is -2.10. The van der Waals surface area contributed by atoms with Gasteiger partial charge in [0.1, 0.15) is 0 Å². The Morgan fingerprint density at radius 2 is 1.96 bits per heavy atom. The van der Waals surface area contributed by atoms with Crippen LogP contribution in [0.3, 0.4) is 0 Å². The molecule has 0 saturated carbocycles. The van der Waals surface area contributed by atoms with E-state index < -0.39 is 6.10 Å². The van der Waals surface area contributed by atoms with Gasteiger partial charge in [-0.3, -0.25) is 13.9 Å². The lowest BCUT2D eigenvalue weighted by Crippen LogP contribution is -2.39. The topological polar surface area (TPSA) is 102 Å². The zero-order valence-electron chi connectivity index (χ0n) is 14.3. The summed E-state index contributed by atoms with van der Waals surface area (Å²) in [6, 6.07) is 0. The maximum atomic E-state index is 12.7. The van der Waals surface area contributed by atoms with Gasteiger partial charge >= 0.3 is 5.69 Å². The Kier molecular flexibility index (Phi) is 6.33. The van der Waals surface area contributed by atoms with Crippen molar-refractivity contribution in [2.75, 3.05) is 6.61 Å². The summed E-state index contributed by atoms with van der Waals surface area (Å²) in [4.78, 5) is 29.2. The molecule has 0 radical (unpaired) electrons. The molecule has 2 rings (SSSR count). The molecule has 0 aliphatic rings. The minimum Gasteiger partial charge on any atom is -0.394 e. The largest absolute Gasteiger partial charge is 0.394 e. The Bertz CT molecular complexity index is 790. The van der Waals surface area contributed by atoms with Gasteiger partial charge in [0.05, 0.1) is 19.0 Å². The second-order valence-electron chi connectivity index (χ2n) is 6.09. The first kappa shape index (κ1) is 18.4. The molecule has 1 unspecified atom stereocenters. The number of hydrogen-bond donors (Lipinski definition) is 2. The molecule has 0 bridgehead atoms. The van der Waals surface area contributed by atoms with E-state index in [0.29, 0.717) is 30.7 Å². The zero-order valence-corrected chi connectivity index (χ0v) is 14.3. The lowest BCUT2D eigenvalue weighted by atomic mass is 10.1. The highest BCUT2D eigenvalue weighted by Crippen LogP contribution is 2.09. The number of nitrogens with zero attached hydrogens (tertiary/aromatic N) is 4. The molecule has 134 valence electrons. The Balaban J connectivity index is 2.28. The molecule has 1 atom stereocenters. The van der Waals surface area contributed by atoms with Gasteiger partial charge in [-0.1, -0.05) is 13.3 Å². The molecule has 0 amide bonds. The van der Waals surface area contributed by atoms with Crippen LogP contribution in [0.5, 0.6) is 0 Å². The fourth-order valence-corrected chi connectivity index (χ4v) is 2.76. The van der Waals surface area contributed by atoms with Crippen LogP contribution in [0.2, 0.25) is 0 Å². The first-order valence-electron chi connectivity index (χ1n) is 8.44. The third-order valence-electron chi connectivity index (χ3n) is 4.23. The standard InChI is InChI=1S/C16H26N4O4/c1-3-4-9-20-15(23)13-14(18(2)16(20)24)17-11-19(13)8-6-5-7-12(22)10-21/h11-12,21-22H,3-10H2,1-2H3. The molecule has 0 aliphatic heterocycles. The van der Waals surface area contributed by atoms with Gasteiger partial charge in [-0.15, -0.1) is 0 Å². The van der Waals surface area contributed by atoms with Gasteiger partial charge in [-0.05, 0) is 25.7 Å². The molecule has 8 heteroatoms. The smallest absolute Gasteiger partial charge is 0.332 e. The second kappa shape index (κ2) is 8.25. The molecule has 0 saturated heterocycles. The van der Waals surface area contributed by atoms with Crippen molar-refractivity contribution in [1.82, 2.24) is 18.7 Å². The Hall–Kier alpha value is -1.93. The van der Waals surface area contributed by atoms with Crippen LogP contribution in [0.25, 0.3) is 11.2 Å². The molecule has 0 fully saturated rings. The summed E-state index contributed by atoms with van der Waals surface area (Å²) in [5, 5.41) is 18.2. The Morgan fingerprint density at radius 1 is 1.21 bits per heavy atom. The molecular weight excluding hydrogens is 312 g/mol. The third kappa shape index (κ3) is 3.76. The molecule has 0 aliphatic carbocycles. The van der Waals surface area contributed by atoms with E-state index in [2.05, 4.69) is 4.98 Å². The van der Waals surface area contributed by atoms with Crippen molar-refractivity contribution in [3.63, 3.8) is 0 Å². The summed E-state index contributed by atoms with van der Waals surface area (Å²) < 4.78 is 4.46. The van der Waals surface area contributed by atoms with E-state index in [4.69, 9.17) is 5.11 Å². The van der Waals surface area contributed by atoms with Crippen LogP contribution < -0.4 is 11.2 Å². The number of aryl methyl sites for hydroxylation is 2. The number of fused-ring (bicyclic) bond motifs is 1. The van der Waals surface area contributed by atoms with Crippen LogP contribution in [0.1, 0.15) is 39.0 Å². The van der Waals surface area contributed by atoms with Gasteiger partial charge < -0.3 is 14.8 Å². The van der Waals surface area contributed by atoms with Crippen molar-refractivity contribution >= 4 is 11.2 Å². The van der Waals surface area contributed by atoms with E-state index in [1.165, 1.54) is 9.13 Å². The summed E-state index contributed by atoms with van der Waals surface area (Å²) in [7, 11) is 1.63. The number of aliphatic hydroxyl groups is 2. The van der Waals surface area contributed by atoms with Crippen LogP contribution in [-0.2, 0) is 20.1 Å². The highest BCUT2D eigenvalue weighted by molar-refractivity contribution is 5.69. The Morgan fingerprint density at radius 3 is 2.62 bits per heavy atom. The van der Waals surface area contributed by atoms with E-state index in [-0.39, 0.29) is 17.9 Å². The van der Waals surface area contributed by atoms with E-state index in [0.717, 1.165) is 25.7 Å². The van der Waals surface area contributed by atoms with Crippen LogP contribution in [0.4, 0.5) is 0 Å². The van der Waals surface area contributed by atoms with Crippen LogP contribution in [-0.4, -0.2) is 41.6 Å². The molecule has 2 N–H and O–H groups in total. The first-order valence-corrected chi connectivity index (χ1v) is 8.44. The third-order valence-corrected chi connectivity index (χ3v) is 4.23. The molecule has 0 spiro atoms. The molecule has 2 aromatic rings. The molecule has 0 aromatic carbocycles. The SMILES string of the molecule is CCCCn1c(=O)c2c(ncn2CCCCC(O)CO)n(C)c1=O. The predicted molar refractivity (Wildman–Crippen MR) is 91.1 cm³/mol. The molecular formula is C16H26N4O4. The summed E-state index contributed by atoms with van der Waals surface area (Å²) >= 11 is 0. The summed E-state index contributed by atoms with van der Waals surface area (Å²) in [6.07, 6.45) is 4.56. The maximum absolute atomic E-state index is 12.7. The predicted octanol–water partition coefficient (Wildman–Crippen LogP) is 0.220. The van der Waals surface area contributed by atoms with Gasteiger partial charge in [0.15, 0.2) is 11.2 Å². The van der Waals surface area contributed by atoms with Crippen LogP contribution in [0.15, 0.2) is 15.9 Å². The highest BCUT2D eigenvalue weighted by Gasteiger charge is 2.15. The molecule has 8 nitrogen and oxygen atoms in total. The monoisotopic (exact) mass is 338 g/mol. The number of aromatic nitrogens is 4. The minimum atomic E-state index is -0.698. The number of unbranched alkanes of at least 4 members (excludes halogenated alkanes) is 2. The van der Waals surface area contributed by atoms with E-state index in [1.807, 2.05) is 6.92 Å². The van der Waals surface area contributed by atoms with Crippen molar-refractivity contribution < 1.29 is 10.2 Å². The van der Waals surface area contributed by atoms with Crippen LogP contribution in [0, 0.1) is 0 Å². The van der Waals surface area contributed by atoms with E-state index >= 15 is 0 Å². The van der Waals surface area contributed by atoms with Gasteiger partial charge in [-0.25, -0.2) is 9.78 Å². The molecule has 2 aromatic heterocycles. The highest BCUT2D eigenvalue weighted by atomic mass is 16.3. The van der Waals surface area contributed by atoms with Crippen molar-refractivity contribution in [2.24, 2.45) is 7.05 Å². The van der Waals surface area contributed by atoms with Crippen LogP contribution >= 0.6 is 0 Å². The second-order valence-corrected chi connectivity index (χ2v) is 6.09. The fourth-order valence-electron chi connectivity index (χ4n) is 2.76. The quantitative estimate of drug-likeness (QED) is 0.637.